The Bertz CT molecular complexity index is 7280. The van der Waals surface area contributed by atoms with Gasteiger partial charge >= 0.3 is 70.2 Å². The summed E-state index contributed by atoms with van der Waals surface area (Å²) < 4.78 is 96.1. The molecule has 0 saturated heterocycles. The first-order valence-electron chi connectivity index (χ1n) is 43.8. The fourth-order valence-electron chi connectivity index (χ4n) is 17.4. The SMILES string of the molecule is CCOC(=O)c1c(Br)c2c(n1Cc1ccc(C)cc1)-c1[nH]c(=O)c(-c3ccccc3)cc1CC2.CCOC(=O)c1cc2c(n1C)-c1[nH]c(=O)c(-c3ccccc3)cc1CC2.CCOC(=O)c1cc2c(n1Cc1ccc(C)cc1)-c1[nH]c(=O)c(-c3ccccc3)cc1CC2.CCOC(=O)c1cc2c(n1Cc1ccccc1)-c1[nH]c(=O)c(-c3ccccc3)cc1CC2.O=S=O.O=S=O.O=S=O.O=S=O. The molecule has 137 heavy (non-hydrogen) atoms. The van der Waals surface area contributed by atoms with Gasteiger partial charge in [-0.2, -0.15) is 33.7 Å². The molecule has 0 spiro atoms. The molecule has 7 aromatic carbocycles. The number of esters is 4. The molecule has 8 aromatic heterocycles. The van der Waals surface area contributed by atoms with E-state index in [0.717, 1.165) is 185 Å². The third-order valence-electron chi connectivity index (χ3n) is 23.4. The summed E-state index contributed by atoms with van der Waals surface area (Å²) in [4.78, 5) is 115. The first kappa shape index (κ1) is 101. The van der Waals surface area contributed by atoms with Gasteiger partial charge in [0.15, 0.2) is 0 Å². The van der Waals surface area contributed by atoms with Crippen molar-refractivity contribution in [3.63, 3.8) is 0 Å². The van der Waals surface area contributed by atoms with Crippen LogP contribution in [0.4, 0.5) is 0 Å². The van der Waals surface area contributed by atoms with E-state index in [1.165, 1.54) is 11.1 Å². The minimum atomic E-state index is -0.750. The highest BCUT2D eigenvalue weighted by atomic mass is 79.9. The molecule has 0 fully saturated rings. The van der Waals surface area contributed by atoms with Crippen LogP contribution in [0.5, 0.6) is 0 Å². The number of aromatic nitrogens is 8. The van der Waals surface area contributed by atoms with Gasteiger partial charge in [0, 0.05) is 48.9 Å². The van der Waals surface area contributed by atoms with Crippen LogP contribution in [-0.4, -0.2) is 122 Å². The average molecular weight is 1990 g/mol. The van der Waals surface area contributed by atoms with Crippen LogP contribution in [0.2, 0.25) is 0 Å². The lowest BCUT2D eigenvalue weighted by Crippen LogP contribution is -2.19. The number of ether oxygens (including phenoxy) is 4. The molecule has 4 N–H and O–H groups in total. The second kappa shape index (κ2) is 48.3. The largest absolute Gasteiger partial charge is 0.461 e. The van der Waals surface area contributed by atoms with E-state index < -0.39 is 46.3 Å². The summed E-state index contributed by atoms with van der Waals surface area (Å²) in [6, 6.07) is 79.0. The Morgan fingerprint density at radius 3 is 0.898 bits per heavy atom. The van der Waals surface area contributed by atoms with E-state index in [0.29, 0.717) is 91.1 Å². The Morgan fingerprint density at radius 2 is 0.569 bits per heavy atom. The summed E-state index contributed by atoms with van der Waals surface area (Å²) in [6.45, 7) is 14.1. The zero-order chi connectivity index (χ0) is 97.9. The topological polar surface area (TPSA) is 393 Å². The van der Waals surface area contributed by atoms with Crippen LogP contribution in [0.1, 0.15) is 142 Å². The van der Waals surface area contributed by atoms with Gasteiger partial charge in [0.2, 0.25) is 0 Å². The molecule has 0 bridgehead atoms. The molecule has 0 saturated carbocycles. The molecule has 0 amide bonds. The Labute approximate surface area is 810 Å². The number of hydrogen-bond acceptors (Lipinski definition) is 20. The number of aryl methyl sites for hydroxylation is 9. The molecule has 702 valence electrons. The van der Waals surface area contributed by atoms with E-state index in [1.807, 2.05) is 233 Å². The van der Waals surface area contributed by atoms with Crippen LogP contribution in [0.25, 0.3) is 90.1 Å². The lowest BCUT2D eigenvalue weighted by Gasteiger charge is -2.21. The molecule has 8 heterocycles. The van der Waals surface area contributed by atoms with Crippen molar-refractivity contribution in [3.05, 3.63) is 384 Å². The number of hydrogen-bond donors (Lipinski definition) is 4. The third kappa shape index (κ3) is 23.7. The fraction of sp³-hybridized carbons (Fsp3) is 0.212. The minimum absolute atomic E-state index is 0.123. The number of H-pyrrole nitrogens is 4. The van der Waals surface area contributed by atoms with E-state index in [1.54, 1.807) is 20.8 Å². The number of pyridine rings is 4. The summed E-state index contributed by atoms with van der Waals surface area (Å²) in [5.41, 5.74) is 28.6. The number of fused-ring (bicyclic) bond motifs is 12. The van der Waals surface area contributed by atoms with Crippen LogP contribution in [-0.2, 0) is 143 Å². The quantitative estimate of drug-likeness (QED) is 0.0458. The molecular weight excluding hydrogens is 1890 g/mol. The van der Waals surface area contributed by atoms with Gasteiger partial charge in [-0.25, -0.2) is 19.2 Å². The van der Waals surface area contributed by atoms with Crippen molar-refractivity contribution in [2.24, 2.45) is 7.05 Å². The van der Waals surface area contributed by atoms with Crippen LogP contribution >= 0.6 is 15.9 Å². The molecule has 19 rings (SSSR count). The highest BCUT2D eigenvalue weighted by Gasteiger charge is 2.35. The lowest BCUT2D eigenvalue weighted by molar-refractivity contribution is 0.0504. The van der Waals surface area contributed by atoms with Gasteiger partial charge < -0.3 is 57.2 Å². The van der Waals surface area contributed by atoms with Crippen LogP contribution < -0.4 is 22.2 Å². The van der Waals surface area contributed by atoms with E-state index >= 15 is 0 Å². The molecular formula is C104H95BrN8O20S4. The first-order chi connectivity index (χ1) is 66.4. The number of aromatic amines is 4. The molecule has 4 aliphatic rings. The number of nitrogens with zero attached hydrogens (tertiary/aromatic N) is 4. The molecule has 0 unspecified atom stereocenters. The van der Waals surface area contributed by atoms with Crippen LogP contribution in [0.3, 0.4) is 0 Å². The smallest absolute Gasteiger partial charge is 0.356 e. The van der Waals surface area contributed by atoms with Crippen molar-refractivity contribution in [3.8, 4) is 90.1 Å². The molecule has 0 atom stereocenters. The van der Waals surface area contributed by atoms with Gasteiger partial charge in [-0.05, 0) is 235 Å². The number of benzene rings is 7. The number of nitrogens with one attached hydrogen (secondary N) is 4. The van der Waals surface area contributed by atoms with E-state index in [-0.39, 0.29) is 46.1 Å². The maximum absolute atomic E-state index is 13.2. The first-order valence-corrected chi connectivity index (χ1v) is 47.2. The third-order valence-corrected chi connectivity index (χ3v) is 24.3. The predicted molar refractivity (Wildman–Crippen MR) is 528 cm³/mol. The zero-order valence-corrected chi connectivity index (χ0v) is 80.5. The van der Waals surface area contributed by atoms with E-state index in [9.17, 15) is 38.4 Å². The molecule has 15 aromatic rings. The predicted octanol–water partition coefficient (Wildman–Crippen LogP) is 16.5. The Kier molecular flexibility index (Phi) is 35.7. The van der Waals surface area contributed by atoms with Crippen LogP contribution in [0.15, 0.2) is 266 Å². The number of carbonyl (C=O) groups is 4. The molecule has 28 nitrogen and oxygen atoms in total. The van der Waals surface area contributed by atoms with Crippen molar-refractivity contribution in [1.82, 2.24) is 38.2 Å². The number of rotatable bonds is 18. The average Bonchev–Trinajstić information content (AvgIpc) is 1.56. The molecule has 0 radical (unpaired) electrons. The minimum Gasteiger partial charge on any atom is -0.461 e. The van der Waals surface area contributed by atoms with E-state index in [2.05, 4.69) is 91.3 Å². The van der Waals surface area contributed by atoms with Crippen molar-refractivity contribution >= 4 is 86.1 Å². The normalized spacial score (nSPS) is 11.5. The monoisotopic (exact) mass is 1980 g/mol. The molecule has 33 heteroatoms. The summed E-state index contributed by atoms with van der Waals surface area (Å²) in [7, 11) is 1.84. The summed E-state index contributed by atoms with van der Waals surface area (Å²) in [5.74, 6) is -1.40. The zero-order valence-electron chi connectivity index (χ0n) is 75.7. The van der Waals surface area contributed by atoms with Crippen LogP contribution in [0, 0.1) is 13.8 Å². The second-order valence-electron chi connectivity index (χ2n) is 31.7. The summed E-state index contributed by atoms with van der Waals surface area (Å²) in [6.07, 6.45) is 6.39. The van der Waals surface area contributed by atoms with Crippen molar-refractivity contribution in [2.45, 2.75) is 113 Å². The van der Waals surface area contributed by atoms with Gasteiger partial charge in [0.1, 0.15) is 22.8 Å². The lowest BCUT2D eigenvalue weighted by atomic mass is 9.92. The summed E-state index contributed by atoms with van der Waals surface area (Å²) in [5, 5.41) is 0. The highest BCUT2D eigenvalue weighted by Crippen LogP contribution is 2.44. The van der Waals surface area contributed by atoms with E-state index in [4.69, 9.17) is 52.6 Å². The number of carbonyl (C=O) groups excluding carboxylic acids is 4. The fourth-order valence-corrected chi connectivity index (χ4v) is 18.2. The highest BCUT2D eigenvalue weighted by molar-refractivity contribution is 9.10. The van der Waals surface area contributed by atoms with Crippen molar-refractivity contribution in [2.75, 3.05) is 26.4 Å². The summed E-state index contributed by atoms with van der Waals surface area (Å²) >= 11 is 0.691. The van der Waals surface area contributed by atoms with Gasteiger partial charge in [0.05, 0.1) is 76.5 Å². The Balaban J connectivity index is 0.000000158. The van der Waals surface area contributed by atoms with Gasteiger partial charge in [-0.1, -0.05) is 211 Å². The molecule has 4 aliphatic carbocycles. The standard InChI is InChI=1S/C28H25BrN2O3.C28H26N2O3.C27H24N2O3.C21H20N2O3.4O2S/c1-3-34-28(33)26-23(29)21-14-13-20-15-22(19-7-5-4-6-8-19)27(32)30-24(20)25(21)31(26)16-18-11-9-17(2)10-12-18;1-3-33-28(32)24-16-22-14-13-21-15-23(20-7-5-4-6-8-20)27(31)29-25(21)26(22)30(24)17-19-11-9-18(2)10-12-19;1-2-32-27(31)23-16-21-14-13-20-15-22(19-11-7-4-8-12-19)26(30)28-24(20)25(21)29(23)17-18-9-5-3-6-10-18;1-3-26-21(25)17-12-15-10-9-14-11-16(13-7-5-4-6-8-13)20(24)22-18(14)19(15)23(17)2;4*1-3-2/h4-12,15H,3,13-14,16H2,1-2H3,(H,30,32);4-12,15-16H,3,13-14,17H2,1-2H3,(H,29,31);3-12,15-16H,2,13-14,17H2,1H3,(H,28,30);4-8,11-12H,3,9-10H2,1-2H3,(H,22,24);;;;. The number of halogens is 1. The second-order valence-corrected chi connectivity index (χ2v) is 33.1. The molecule has 0 aliphatic heterocycles. The van der Waals surface area contributed by atoms with Gasteiger partial charge in [-0.15, -0.1) is 0 Å². The maximum atomic E-state index is 13.2. The Morgan fingerprint density at radius 1 is 0.314 bits per heavy atom. The Hall–Kier alpha value is -14.9. The van der Waals surface area contributed by atoms with Gasteiger partial charge in [0.25, 0.3) is 22.2 Å². The van der Waals surface area contributed by atoms with Gasteiger partial charge in [-0.3, -0.25) is 19.2 Å². The maximum Gasteiger partial charge on any atom is 0.356 e. The van der Waals surface area contributed by atoms with Crippen molar-refractivity contribution in [1.29, 1.82) is 0 Å². The van der Waals surface area contributed by atoms with Crippen molar-refractivity contribution < 1.29 is 71.8 Å².